The number of nitrogens with zero attached hydrogens (tertiary/aromatic N) is 4. The summed E-state index contributed by atoms with van der Waals surface area (Å²) in [6.45, 7) is 2.41. The van der Waals surface area contributed by atoms with Gasteiger partial charge in [-0.25, -0.2) is 9.37 Å². The molecule has 0 aliphatic carbocycles. The van der Waals surface area contributed by atoms with Crippen molar-refractivity contribution in [2.45, 2.75) is 32.4 Å². The molecule has 1 fully saturated rings. The molecule has 160 valence electrons. The molecule has 0 radical (unpaired) electrons. The zero-order valence-electron chi connectivity index (χ0n) is 17.5. The number of aryl methyl sites for hydroxylation is 1. The summed E-state index contributed by atoms with van der Waals surface area (Å²) in [6.07, 6.45) is 4.64. The molecule has 3 aromatic rings. The van der Waals surface area contributed by atoms with Crippen LogP contribution in [0, 0.1) is 24.1 Å². The van der Waals surface area contributed by atoms with E-state index in [1.165, 1.54) is 30.2 Å². The lowest BCUT2D eigenvalue weighted by molar-refractivity contribution is -0.0295. The van der Waals surface area contributed by atoms with Gasteiger partial charge in [0, 0.05) is 23.9 Å². The Morgan fingerprint density at radius 1 is 1.39 bits per heavy atom. The van der Waals surface area contributed by atoms with Crippen molar-refractivity contribution in [3.8, 4) is 11.8 Å². The number of hydrogen-bond acceptors (Lipinski definition) is 5. The third-order valence-corrected chi connectivity index (χ3v) is 5.50. The number of rotatable bonds is 5. The zero-order chi connectivity index (χ0) is 22.0. The van der Waals surface area contributed by atoms with E-state index in [0.29, 0.717) is 17.9 Å². The van der Waals surface area contributed by atoms with Crippen LogP contribution >= 0.6 is 0 Å². The van der Waals surface area contributed by atoms with Crippen LogP contribution in [0.3, 0.4) is 0 Å². The summed E-state index contributed by atoms with van der Waals surface area (Å²) >= 11 is 0. The first-order valence-corrected chi connectivity index (χ1v) is 10.1. The smallest absolute Gasteiger partial charge is 0.259 e. The third-order valence-electron chi connectivity index (χ3n) is 5.50. The van der Waals surface area contributed by atoms with Gasteiger partial charge in [0.15, 0.2) is 11.6 Å². The Balaban J connectivity index is 1.75. The number of benzene rings is 2. The fourth-order valence-electron chi connectivity index (χ4n) is 3.93. The summed E-state index contributed by atoms with van der Waals surface area (Å²) in [5.74, 6) is -0.894. The van der Waals surface area contributed by atoms with Crippen molar-refractivity contribution in [2.24, 2.45) is 0 Å². The van der Waals surface area contributed by atoms with E-state index in [4.69, 9.17) is 9.47 Å². The molecule has 0 bridgehead atoms. The highest BCUT2D eigenvalue weighted by Crippen LogP contribution is 2.30. The number of carbonyl (C=O) groups is 1. The first kappa shape index (κ1) is 20.8. The molecule has 7 nitrogen and oxygen atoms in total. The standard InChI is InChI=1S/C23H23FN4O3/c1-15-11-16(12-19-22(15)26-14-28(19)21-5-3-4-10-31-21)23(29)27(9-8-25)17-6-7-18(24)20(13-17)30-2/h6-7,11-14,21H,3-5,9-10H2,1-2H3. The molecular formula is C23H23FN4O3. The normalized spacial score (nSPS) is 16.1. The van der Waals surface area contributed by atoms with Gasteiger partial charge < -0.3 is 14.0 Å². The van der Waals surface area contributed by atoms with Crippen molar-refractivity contribution in [1.82, 2.24) is 9.55 Å². The summed E-state index contributed by atoms with van der Waals surface area (Å²) in [4.78, 5) is 19.2. The number of ether oxygens (including phenoxy) is 2. The van der Waals surface area contributed by atoms with Crippen LogP contribution in [-0.2, 0) is 4.74 Å². The van der Waals surface area contributed by atoms with Crippen molar-refractivity contribution in [3.63, 3.8) is 0 Å². The maximum Gasteiger partial charge on any atom is 0.259 e. The van der Waals surface area contributed by atoms with Gasteiger partial charge in [-0.2, -0.15) is 5.26 Å². The molecule has 31 heavy (non-hydrogen) atoms. The number of methoxy groups -OCH3 is 1. The van der Waals surface area contributed by atoms with Crippen molar-refractivity contribution in [2.75, 3.05) is 25.2 Å². The van der Waals surface area contributed by atoms with Gasteiger partial charge in [-0.15, -0.1) is 0 Å². The largest absolute Gasteiger partial charge is 0.494 e. The molecule has 1 aliphatic heterocycles. The zero-order valence-corrected chi connectivity index (χ0v) is 17.5. The first-order valence-electron chi connectivity index (χ1n) is 10.1. The van der Waals surface area contributed by atoms with Gasteiger partial charge in [0.2, 0.25) is 0 Å². The summed E-state index contributed by atoms with van der Waals surface area (Å²) in [7, 11) is 1.35. The average molecular weight is 422 g/mol. The number of anilines is 1. The quantitative estimate of drug-likeness (QED) is 0.571. The van der Waals surface area contributed by atoms with Crippen LogP contribution in [0.2, 0.25) is 0 Å². The number of fused-ring (bicyclic) bond motifs is 1. The highest BCUT2D eigenvalue weighted by atomic mass is 19.1. The molecular weight excluding hydrogens is 399 g/mol. The Morgan fingerprint density at radius 3 is 2.94 bits per heavy atom. The van der Waals surface area contributed by atoms with Gasteiger partial charge in [0.05, 0.1) is 30.5 Å². The van der Waals surface area contributed by atoms with Crippen LogP contribution in [0.4, 0.5) is 10.1 Å². The maximum absolute atomic E-state index is 13.8. The Morgan fingerprint density at radius 2 is 2.23 bits per heavy atom. The molecule has 0 N–H and O–H groups in total. The van der Waals surface area contributed by atoms with Crippen molar-refractivity contribution >= 4 is 22.6 Å². The highest BCUT2D eigenvalue weighted by molar-refractivity contribution is 6.08. The van der Waals surface area contributed by atoms with Crippen molar-refractivity contribution in [1.29, 1.82) is 5.26 Å². The van der Waals surface area contributed by atoms with Crippen LogP contribution in [0.1, 0.15) is 41.4 Å². The monoisotopic (exact) mass is 422 g/mol. The number of hydrogen-bond donors (Lipinski definition) is 0. The number of imidazole rings is 1. The fraction of sp³-hybridized carbons (Fsp3) is 0.348. The van der Waals surface area contributed by atoms with E-state index in [0.717, 1.165) is 35.9 Å². The molecule has 0 saturated carbocycles. The minimum atomic E-state index is -0.538. The molecule has 0 spiro atoms. The third kappa shape index (κ3) is 3.97. The van der Waals surface area contributed by atoms with Crippen LogP contribution < -0.4 is 9.64 Å². The summed E-state index contributed by atoms with van der Waals surface area (Å²) in [5, 5.41) is 9.30. The van der Waals surface area contributed by atoms with Crippen molar-refractivity contribution < 1.29 is 18.7 Å². The van der Waals surface area contributed by atoms with Crippen molar-refractivity contribution in [3.05, 3.63) is 53.6 Å². The average Bonchev–Trinajstić information content (AvgIpc) is 3.23. The molecule has 2 aromatic carbocycles. The summed E-state index contributed by atoms with van der Waals surface area (Å²) in [5.41, 5.74) is 3.27. The Hall–Kier alpha value is -3.44. The van der Waals surface area contributed by atoms with E-state index in [2.05, 4.69) is 4.98 Å². The van der Waals surface area contributed by atoms with Gasteiger partial charge in [-0.05, 0) is 56.0 Å². The second-order valence-electron chi connectivity index (χ2n) is 7.50. The van der Waals surface area contributed by atoms with Gasteiger partial charge in [0.1, 0.15) is 12.8 Å². The number of nitriles is 1. The molecule has 1 atom stereocenters. The Bertz CT molecular complexity index is 1160. The second-order valence-corrected chi connectivity index (χ2v) is 7.50. The van der Waals surface area contributed by atoms with E-state index < -0.39 is 5.82 Å². The minimum absolute atomic E-state index is 0.00685. The number of halogens is 1. The summed E-state index contributed by atoms with van der Waals surface area (Å²) in [6, 6.07) is 9.64. The molecule has 1 aromatic heterocycles. The summed E-state index contributed by atoms with van der Waals surface area (Å²) < 4.78 is 26.7. The molecule has 1 saturated heterocycles. The fourth-order valence-corrected chi connectivity index (χ4v) is 3.93. The first-order chi connectivity index (χ1) is 15.0. The molecule has 8 heteroatoms. The van der Waals surface area contributed by atoms with Gasteiger partial charge >= 0.3 is 0 Å². The van der Waals surface area contributed by atoms with Crippen LogP contribution in [-0.4, -0.2) is 35.7 Å². The van der Waals surface area contributed by atoms with Gasteiger partial charge in [0.25, 0.3) is 5.91 Å². The van der Waals surface area contributed by atoms with E-state index in [1.54, 1.807) is 18.5 Å². The topological polar surface area (TPSA) is 80.4 Å². The molecule has 1 amide bonds. The minimum Gasteiger partial charge on any atom is -0.494 e. The lowest BCUT2D eigenvalue weighted by Crippen LogP contribution is -2.31. The van der Waals surface area contributed by atoms with E-state index in [1.807, 2.05) is 17.6 Å². The Labute approximate surface area is 179 Å². The number of amides is 1. The molecule has 1 aliphatic rings. The number of aromatic nitrogens is 2. The van der Waals surface area contributed by atoms with E-state index in [9.17, 15) is 14.4 Å². The second kappa shape index (κ2) is 8.74. The van der Waals surface area contributed by atoms with E-state index in [-0.39, 0.29) is 24.4 Å². The predicted molar refractivity (Wildman–Crippen MR) is 114 cm³/mol. The Kier molecular flexibility index (Phi) is 5.87. The predicted octanol–water partition coefficient (Wildman–Crippen LogP) is 4.36. The SMILES string of the molecule is COc1cc(N(CC#N)C(=O)c2cc(C)c3ncn(C4CCCCO4)c3c2)ccc1F. The molecule has 2 heterocycles. The van der Waals surface area contributed by atoms with Crippen LogP contribution in [0.15, 0.2) is 36.7 Å². The van der Waals surface area contributed by atoms with Crippen LogP contribution in [0.25, 0.3) is 11.0 Å². The number of carbonyl (C=O) groups excluding carboxylic acids is 1. The van der Waals surface area contributed by atoms with E-state index >= 15 is 0 Å². The molecule has 1 unspecified atom stereocenters. The highest BCUT2D eigenvalue weighted by Gasteiger charge is 2.23. The van der Waals surface area contributed by atoms with Gasteiger partial charge in [-0.1, -0.05) is 0 Å². The lowest BCUT2D eigenvalue weighted by atomic mass is 10.1. The van der Waals surface area contributed by atoms with Gasteiger partial charge in [-0.3, -0.25) is 9.69 Å². The lowest BCUT2D eigenvalue weighted by Gasteiger charge is -2.24. The maximum atomic E-state index is 13.8. The van der Waals surface area contributed by atoms with Crippen LogP contribution in [0.5, 0.6) is 5.75 Å². The molecule has 4 rings (SSSR count).